The van der Waals surface area contributed by atoms with E-state index in [1.807, 2.05) is 18.2 Å². The Morgan fingerprint density at radius 3 is 2.33 bits per heavy atom. The van der Waals surface area contributed by atoms with E-state index in [1.165, 1.54) is 16.2 Å². The molecule has 0 atom stereocenters. The number of pyridine rings is 1. The van der Waals surface area contributed by atoms with Crippen LogP contribution in [0.4, 0.5) is 0 Å². The highest BCUT2D eigenvalue weighted by Gasteiger charge is 2.15. The van der Waals surface area contributed by atoms with Crippen molar-refractivity contribution in [3.8, 4) is 11.3 Å². The average Bonchev–Trinajstić information content (AvgIpc) is 3.12. The van der Waals surface area contributed by atoms with Crippen molar-refractivity contribution < 1.29 is 4.42 Å². The minimum atomic E-state index is 0.895. The van der Waals surface area contributed by atoms with Crippen LogP contribution in [-0.2, 0) is 0 Å². The molecule has 6 rings (SSSR count). The molecular weight excluding hydrogens is 330 g/mol. The number of hydrogen-bond donors (Lipinski definition) is 0. The van der Waals surface area contributed by atoms with Crippen molar-refractivity contribution in [2.45, 2.75) is 0 Å². The maximum absolute atomic E-state index is 6.32. The lowest BCUT2D eigenvalue weighted by molar-refractivity contribution is 0.670. The van der Waals surface area contributed by atoms with Gasteiger partial charge in [-0.2, -0.15) is 0 Å². The Bertz CT molecular complexity index is 1480. The van der Waals surface area contributed by atoms with Crippen molar-refractivity contribution in [3.63, 3.8) is 0 Å². The second-order valence-electron chi connectivity index (χ2n) is 6.83. The van der Waals surface area contributed by atoms with Gasteiger partial charge in [-0.3, -0.25) is 0 Å². The van der Waals surface area contributed by atoms with Crippen molar-refractivity contribution in [2.75, 3.05) is 0 Å². The van der Waals surface area contributed by atoms with Gasteiger partial charge in [-0.15, -0.1) is 0 Å². The summed E-state index contributed by atoms with van der Waals surface area (Å²) in [5.41, 5.74) is 4.76. The van der Waals surface area contributed by atoms with Crippen LogP contribution in [0.2, 0.25) is 0 Å². The van der Waals surface area contributed by atoms with Crippen molar-refractivity contribution in [1.29, 1.82) is 0 Å². The van der Waals surface area contributed by atoms with E-state index < -0.39 is 0 Å². The molecule has 0 radical (unpaired) electrons. The van der Waals surface area contributed by atoms with Crippen molar-refractivity contribution in [2.24, 2.45) is 0 Å². The van der Waals surface area contributed by atoms with Crippen LogP contribution >= 0.6 is 0 Å². The Hall–Kier alpha value is -3.65. The molecule has 4 aromatic carbocycles. The van der Waals surface area contributed by atoms with E-state index in [0.29, 0.717) is 0 Å². The Morgan fingerprint density at radius 2 is 1.37 bits per heavy atom. The van der Waals surface area contributed by atoms with Gasteiger partial charge in [-0.1, -0.05) is 66.7 Å². The van der Waals surface area contributed by atoms with Gasteiger partial charge in [0.1, 0.15) is 11.2 Å². The fraction of sp³-hybridized carbons (Fsp3) is 0. The third-order valence-corrected chi connectivity index (χ3v) is 5.26. The maximum Gasteiger partial charge on any atom is 0.144 e. The molecule has 6 aromatic rings. The van der Waals surface area contributed by atoms with E-state index in [-0.39, 0.29) is 0 Å². The predicted octanol–water partition coefficient (Wildman–Crippen LogP) is 6.95. The van der Waals surface area contributed by atoms with Gasteiger partial charge in [0, 0.05) is 21.7 Å². The Kier molecular flexibility index (Phi) is 2.91. The van der Waals surface area contributed by atoms with E-state index in [4.69, 9.17) is 9.40 Å². The molecule has 0 aliphatic carbocycles. The summed E-state index contributed by atoms with van der Waals surface area (Å²) in [7, 11) is 0. The monoisotopic (exact) mass is 345 g/mol. The molecule has 27 heavy (non-hydrogen) atoms. The number of nitrogens with zero attached hydrogens (tertiary/aromatic N) is 1. The summed E-state index contributed by atoms with van der Waals surface area (Å²) >= 11 is 0. The highest BCUT2D eigenvalue weighted by molar-refractivity contribution is 6.20. The first-order chi connectivity index (χ1) is 13.4. The Morgan fingerprint density at radius 1 is 0.593 bits per heavy atom. The summed E-state index contributed by atoms with van der Waals surface area (Å²) in [5, 5.41) is 5.89. The van der Waals surface area contributed by atoms with E-state index in [9.17, 15) is 0 Å². The van der Waals surface area contributed by atoms with E-state index in [2.05, 4.69) is 72.8 Å². The van der Waals surface area contributed by atoms with Gasteiger partial charge in [0.25, 0.3) is 0 Å². The summed E-state index contributed by atoms with van der Waals surface area (Å²) in [6.45, 7) is 0. The molecule has 126 valence electrons. The molecule has 2 heterocycles. The molecule has 0 unspecified atom stereocenters. The van der Waals surface area contributed by atoms with Gasteiger partial charge in [-0.25, -0.2) is 4.98 Å². The quantitative estimate of drug-likeness (QED) is 0.322. The maximum atomic E-state index is 6.32. The third kappa shape index (κ3) is 2.10. The smallest absolute Gasteiger partial charge is 0.144 e. The SMILES string of the molecule is c1ccc2nc(-c3cccc4c3oc3ccc5ccccc5c34)ccc2c1. The molecule has 0 N–H and O–H groups in total. The highest BCUT2D eigenvalue weighted by Crippen LogP contribution is 2.38. The minimum absolute atomic E-state index is 0.895. The molecule has 0 saturated heterocycles. The summed E-state index contributed by atoms with van der Waals surface area (Å²) < 4.78 is 6.32. The van der Waals surface area contributed by atoms with Gasteiger partial charge in [-0.05, 0) is 35.0 Å². The van der Waals surface area contributed by atoms with Gasteiger partial charge >= 0.3 is 0 Å². The van der Waals surface area contributed by atoms with Crippen molar-refractivity contribution in [3.05, 3.63) is 91.0 Å². The molecule has 0 fully saturated rings. The first-order valence-electron chi connectivity index (χ1n) is 9.08. The first kappa shape index (κ1) is 14.5. The largest absolute Gasteiger partial charge is 0.455 e. The van der Waals surface area contributed by atoms with Crippen molar-refractivity contribution >= 4 is 43.6 Å². The summed E-state index contributed by atoms with van der Waals surface area (Å²) in [6, 6.07) is 31.3. The fourth-order valence-electron chi connectivity index (χ4n) is 3.99. The Balaban J connectivity index is 1.71. The lowest BCUT2D eigenvalue weighted by Crippen LogP contribution is -1.85. The normalized spacial score (nSPS) is 11.7. The lowest BCUT2D eigenvalue weighted by Gasteiger charge is -2.04. The van der Waals surface area contributed by atoms with Crippen LogP contribution in [0.3, 0.4) is 0 Å². The van der Waals surface area contributed by atoms with Crippen LogP contribution < -0.4 is 0 Å². The summed E-state index contributed by atoms with van der Waals surface area (Å²) in [5.74, 6) is 0. The molecule has 0 saturated carbocycles. The second kappa shape index (κ2) is 5.42. The molecular formula is C25H15NO. The zero-order valence-corrected chi connectivity index (χ0v) is 14.5. The van der Waals surface area contributed by atoms with Gasteiger partial charge in [0.2, 0.25) is 0 Å². The summed E-state index contributed by atoms with van der Waals surface area (Å²) in [6.07, 6.45) is 0. The highest BCUT2D eigenvalue weighted by atomic mass is 16.3. The first-order valence-corrected chi connectivity index (χ1v) is 9.08. The number of fused-ring (bicyclic) bond motifs is 6. The molecule has 2 nitrogen and oxygen atoms in total. The van der Waals surface area contributed by atoms with Crippen LogP contribution in [0, 0.1) is 0 Å². The van der Waals surface area contributed by atoms with Crippen LogP contribution in [0.1, 0.15) is 0 Å². The van der Waals surface area contributed by atoms with E-state index in [1.54, 1.807) is 0 Å². The van der Waals surface area contributed by atoms with Crippen LogP contribution in [0.25, 0.3) is 54.9 Å². The van der Waals surface area contributed by atoms with Gasteiger partial charge < -0.3 is 4.42 Å². The molecule has 0 aliphatic rings. The molecule has 2 aromatic heterocycles. The zero-order valence-electron chi connectivity index (χ0n) is 14.5. The van der Waals surface area contributed by atoms with Crippen LogP contribution in [-0.4, -0.2) is 4.98 Å². The van der Waals surface area contributed by atoms with Gasteiger partial charge in [0.05, 0.1) is 11.2 Å². The molecule has 0 spiro atoms. The summed E-state index contributed by atoms with van der Waals surface area (Å²) in [4.78, 5) is 4.87. The van der Waals surface area contributed by atoms with Crippen molar-refractivity contribution in [1.82, 2.24) is 4.98 Å². The lowest BCUT2D eigenvalue weighted by atomic mass is 10.0. The van der Waals surface area contributed by atoms with E-state index in [0.717, 1.165) is 38.7 Å². The third-order valence-electron chi connectivity index (χ3n) is 5.26. The molecule has 2 heteroatoms. The number of benzene rings is 4. The predicted molar refractivity (Wildman–Crippen MR) is 112 cm³/mol. The van der Waals surface area contributed by atoms with Gasteiger partial charge in [0.15, 0.2) is 0 Å². The standard InChI is InChI=1S/C25H15NO/c1-3-8-18-16(6-1)13-15-23-24(18)20-10-5-9-19(25(20)27-23)22-14-12-17-7-2-4-11-21(17)26-22/h1-15H. The van der Waals surface area contributed by atoms with E-state index >= 15 is 0 Å². The number of furan rings is 1. The average molecular weight is 345 g/mol. The number of hydrogen-bond acceptors (Lipinski definition) is 2. The zero-order chi connectivity index (χ0) is 17.8. The molecule has 0 aliphatic heterocycles. The van der Waals surface area contributed by atoms with Crippen LogP contribution in [0.5, 0.6) is 0 Å². The number of rotatable bonds is 1. The Labute approximate surface area is 155 Å². The van der Waals surface area contributed by atoms with Crippen LogP contribution in [0.15, 0.2) is 95.4 Å². The topological polar surface area (TPSA) is 26.0 Å². The molecule has 0 bridgehead atoms. The number of aromatic nitrogens is 1. The minimum Gasteiger partial charge on any atom is -0.455 e. The molecule has 0 amide bonds. The number of para-hydroxylation sites is 2. The fourth-order valence-corrected chi connectivity index (χ4v) is 3.99. The second-order valence-corrected chi connectivity index (χ2v) is 6.83.